The molecular formula is C16H23NO3S. The smallest absolute Gasteiger partial charge is 0.263 e. The van der Waals surface area contributed by atoms with Crippen LogP contribution >= 0.6 is 11.3 Å². The van der Waals surface area contributed by atoms with E-state index in [1.54, 1.807) is 11.3 Å². The Hall–Kier alpha value is -0.910. The molecule has 1 saturated carbocycles. The van der Waals surface area contributed by atoms with Gasteiger partial charge in [0.15, 0.2) is 5.79 Å². The van der Waals surface area contributed by atoms with Crippen molar-refractivity contribution >= 4 is 17.2 Å². The lowest BCUT2D eigenvalue weighted by atomic mass is 9.89. The molecule has 21 heavy (non-hydrogen) atoms. The van der Waals surface area contributed by atoms with Crippen molar-refractivity contribution in [2.24, 2.45) is 0 Å². The van der Waals surface area contributed by atoms with Crippen LogP contribution < -0.4 is 0 Å². The largest absolute Gasteiger partial charge is 0.348 e. The second kappa shape index (κ2) is 5.71. The van der Waals surface area contributed by atoms with E-state index in [0.29, 0.717) is 19.3 Å². The molecule has 1 aromatic heterocycles. The highest BCUT2D eigenvalue weighted by atomic mass is 32.1. The van der Waals surface area contributed by atoms with Crippen molar-refractivity contribution < 1.29 is 14.3 Å². The number of carbonyl (C=O) groups excluding carboxylic acids is 1. The van der Waals surface area contributed by atoms with E-state index in [2.05, 4.69) is 13.8 Å². The molecule has 0 radical (unpaired) electrons. The first kappa shape index (κ1) is 15.0. The van der Waals surface area contributed by atoms with E-state index < -0.39 is 0 Å². The van der Waals surface area contributed by atoms with Crippen LogP contribution in [0.25, 0.3) is 0 Å². The average molecular weight is 309 g/mol. The topological polar surface area (TPSA) is 38.8 Å². The third kappa shape index (κ3) is 2.87. The molecule has 0 aromatic carbocycles. The molecule has 0 N–H and O–H groups in total. The summed E-state index contributed by atoms with van der Waals surface area (Å²) in [5.41, 5.74) is 1.20. The lowest BCUT2D eigenvalue weighted by Crippen LogP contribution is -2.44. The lowest BCUT2D eigenvalue weighted by molar-refractivity contribution is -0.182. The highest BCUT2D eigenvalue weighted by molar-refractivity contribution is 7.14. The summed E-state index contributed by atoms with van der Waals surface area (Å²) in [5, 5.41) is 0. The van der Waals surface area contributed by atoms with Gasteiger partial charge in [0.25, 0.3) is 5.91 Å². The van der Waals surface area contributed by atoms with Crippen molar-refractivity contribution in [2.75, 3.05) is 20.3 Å². The fourth-order valence-electron chi connectivity index (χ4n) is 3.23. The van der Waals surface area contributed by atoms with Crippen LogP contribution in [0.5, 0.6) is 0 Å². The van der Waals surface area contributed by atoms with Gasteiger partial charge in [-0.25, -0.2) is 0 Å². The second-order valence-corrected chi connectivity index (χ2v) is 7.36. The van der Waals surface area contributed by atoms with Gasteiger partial charge in [-0.3, -0.25) is 4.79 Å². The van der Waals surface area contributed by atoms with Crippen molar-refractivity contribution in [1.29, 1.82) is 0 Å². The fraction of sp³-hybridized carbons (Fsp3) is 0.688. The number of carbonyl (C=O) groups is 1. The molecule has 4 nitrogen and oxygen atoms in total. The predicted octanol–water partition coefficient (Wildman–Crippen LogP) is 3.12. The molecule has 0 bridgehead atoms. The van der Waals surface area contributed by atoms with E-state index in [0.717, 1.165) is 30.6 Å². The molecule has 1 saturated heterocycles. The van der Waals surface area contributed by atoms with Crippen LogP contribution in [-0.2, 0) is 9.47 Å². The zero-order valence-electron chi connectivity index (χ0n) is 13.0. The first-order valence-electron chi connectivity index (χ1n) is 7.63. The second-order valence-electron chi connectivity index (χ2n) is 6.10. The van der Waals surface area contributed by atoms with Gasteiger partial charge >= 0.3 is 0 Å². The number of amides is 1. The number of hydrogen-bond donors (Lipinski definition) is 0. The van der Waals surface area contributed by atoms with Gasteiger partial charge in [0.05, 0.1) is 18.1 Å². The number of nitrogens with zero attached hydrogens (tertiary/aromatic N) is 1. The normalized spacial score (nSPS) is 21.9. The highest BCUT2D eigenvalue weighted by Crippen LogP contribution is 2.37. The molecule has 0 unspecified atom stereocenters. The van der Waals surface area contributed by atoms with Gasteiger partial charge in [0.1, 0.15) is 0 Å². The molecule has 5 heteroatoms. The third-order valence-electron chi connectivity index (χ3n) is 4.78. The molecule has 1 aromatic rings. The van der Waals surface area contributed by atoms with Crippen LogP contribution in [0.2, 0.25) is 0 Å². The van der Waals surface area contributed by atoms with Gasteiger partial charge < -0.3 is 14.4 Å². The summed E-state index contributed by atoms with van der Waals surface area (Å²) in [6.07, 6.45) is 3.67. The zero-order chi connectivity index (χ0) is 15.0. The number of rotatable bonds is 2. The highest BCUT2D eigenvalue weighted by Gasteiger charge is 2.41. The Morgan fingerprint density at radius 2 is 1.90 bits per heavy atom. The van der Waals surface area contributed by atoms with Crippen molar-refractivity contribution in [3.8, 4) is 0 Å². The van der Waals surface area contributed by atoms with Gasteiger partial charge in [-0.15, -0.1) is 11.3 Å². The van der Waals surface area contributed by atoms with Crippen LogP contribution in [0.15, 0.2) is 6.07 Å². The Bertz CT molecular complexity index is 504. The molecule has 1 spiro atoms. The number of ether oxygens (including phenoxy) is 2. The third-order valence-corrected chi connectivity index (χ3v) is 5.92. The molecular weight excluding hydrogens is 286 g/mol. The summed E-state index contributed by atoms with van der Waals surface area (Å²) in [6, 6.07) is 2.30. The lowest BCUT2D eigenvalue weighted by Gasteiger charge is -2.38. The molecule has 2 heterocycles. The summed E-state index contributed by atoms with van der Waals surface area (Å²) in [4.78, 5) is 16.6. The Balaban J connectivity index is 1.63. The SMILES string of the molecule is Cc1cc(C(=O)N(C)C2CCC3(CC2)OCCO3)sc1C. The van der Waals surface area contributed by atoms with Crippen molar-refractivity contribution in [3.63, 3.8) is 0 Å². The minimum Gasteiger partial charge on any atom is -0.348 e. The van der Waals surface area contributed by atoms with Gasteiger partial charge in [0.2, 0.25) is 0 Å². The number of hydrogen-bond acceptors (Lipinski definition) is 4. The summed E-state index contributed by atoms with van der Waals surface area (Å²) in [7, 11) is 1.92. The van der Waals surface area contributed by atoms with Gasteiger partial charge in [-0.05, 0) is 38.3 Å². The number of aryl methyl sites for hydroxylation is 2. The van der Waals surface area contributed by atoms with E-state index in [-0.39, 0.29) is 11.7 Å². The van der Waals surface area contributed by atoms with Gasteiger partial charge in [0, 0.05) is 30.8 Å². The summed E-state index contributed by atoms with van der Waals surface area (Å²) in [5.74, 6) is -0.207. The Kier molecular flexibility index (Phi) is 4.08. The van der Waals surface area contributed by atoms with Crippen molar-refractivity contribution in [2.45, 2.75) is 51.4 Å². The van der Waals surface area contributed by atoms with Crippen LogP contribution in [0.4, 0.5) is 0 Å². The average Bonchev–Trinajstić information content (AvgIpc) is 3.06. The van der Waals surface area contributed by atoms with Crippen molar-refractivity contribution in [1.82, 2.24) is 4.90 Å². The first-order chi connectivity index (χ1) is 10.0. The number of thiophene rings is 1. The van der Waals surface area contributed by atoms with Crippen LogP contribution in [0.3, 0.4) is 0 Å². The van der Waals surface area contributed by atoms with Gasteiger partial charge in [-0.2, -0.15) is 0 Å². The maximum atomic E-state index is 12.6. The van der Waals surface area contributed by atoms with E-state index in [1.807, 2.05) is 18.0 Å². The quantitative estimate of drug-likeness (QED) is 0.842. The molecule has 2 fully saturated rings. The zero-order valence-corrected chi connectivity index (χ0v) is 13.8. The Morgan fingerprint density at radius 1 is 1.29 bits per heavy atom. The van der Waals surface area contributed by atoms with E-state index >= 15 is 0 Å². The van der Waals surface area contributed by atoms with E-state index in [4.69, 9.17) is 9.47 Å². The van der Waals surface area contributed by atoms with E-state index in [9.17, 15) is 4.79 Å². The van der Waals surface area contributed by atoms with Crippen LogP contribution in [-0.4, -0.2) is 42.9 Å². The molecule has 3 rings (SSSR count). The van der Waals surface area contributed by atoms with Crippen molar-refractivity contribution in [3.05, 3.63) is 21.4 Å². The van der Waals surface area contributed by atoms with E-state index in [1.165, 1.54) is 10.4 Å². The molecule has 0 atom stereocenters. The van der Waals surface area contributed by atoms with Crippen LogP contribution in [0, 0.1) is 13.8 Å². The molecule has 1 aliphatic heterocycles. The standard InChI is InChI=1S/C16H23NO3S/c1-11-10-14(21-12(11)2)15(18)17(3)13-4-6-16(7-5-13)19-8-9-20-16/h10,13H,4-9H2,1-3H3. The Morgan fingerprint density at radius 3 is 2.43 bits per heavy atom. The summed E-state index contributed by atoms with van der Waals surface area (Å²) >= 11 is 1.59. The first-order valence-corrected chi connectivity index (χ1v) is 8.44. The molecule has 1 amide bonds. The monoisotopic (exact) mass is 309 g/mol. The minimum absolute atomic E-state index is 0.144. The maximum absolute atomic E-state index is 12.6. The fourth-order valence-corrected chi connectivity index (χ4v) is 4.25. The molecule has 116 valence electrons. The Labute approximate surface area is 130 Å². The molecule has 1 aliphatic carbocycles. The predicted molar refractivity (Wildman–Crippen MR) is 82.8 cm³/mol. The maximum Gasteiger partial charge on any atom is 0.263 e. The summed E-state index contributed by atoms with van der Waals surface area (Å²) in [6.45, 7) is 5.53. The van der Waals surface area contributed by atoms with Crippen LogP contribution in [0.1, 0.15) is 45.8 Å². The minimum atomic E-state index is -0.351. The van der Waals surface area contributed by atoms with Gasteiger partial charge in [-0.1, -0.05) is 0 Å². The molecule has 2 aliphatic rings. The summed E-state index contributed by atoms with van der Waals surface area (Å²) < 4.78 is 11.5.